The third kappa shape index (κ3) is 6.63. The van der Waals surface area contributed by atoms with E-state index in [1.807, 2.05) is 42.5 Å². The number of para-hydroxylation sites is 2. The third-order valence-electron chi connectivity index (χ3n) is 4.38. The SMILES string of the molecule is CCCOc1ccccc1CCCNC(=O)[C@H](C)Oc1ccccc1CC. The van der Waals surface area contributed by atoms with Crippen molar-refractivity contribution in [3.63, 3.8) is 0 Å². The quantitative estimate of drug-likeness (QED) is 0.591. The Balaban J connectivity index is 1.77. The van der Waals surface area contributed by atoms with E-state index in [9.17, 15) is 4.79 Å². The second-order valence-electron chi connectivity index (χ2n) is 6.57. The Morgan fingerprint density at radius 3 is 2.37 bits per heavy atom. The molecular weight excluding hydrogens is 338 g/mol. The smallest absolute Gasteiger partial charge is 0.260 e. The van der Waals surface area contributed by atoms with Crippen LogP contribution in [-0.2, 0) is 17.6 Å². The number of benzene rings is 2. The maximum Gasteiger partial charge on any atom is 0.260 e. The second-order valence-corrected chi connectivity index (χ2v) is 6.57. The van der Waals surface area contributed by atoms with E-state index >= 15 is 0 Å². The minimum Gasteiger partial charge on any atom is -0.493 e. The number of aryl methyl sites for hydroxylation is 2. The number of hydrogen-bond donors (Lipinski definition) is 1. The van der Waals surface area contributed by atoms with E-state index in [2.05, 4.69) is 25.2 Å². The summed E-state index contributed by atoms with van der Waals surface area (Å²) in [5.41, 5.74) is 2.29. The van der Waals surface area contributed by atoms with Crippen LogP contribution in [0.4, 0.5) is 0 Å². The van der Waals surface area contributed by atoms with Crippen LogP contribution in [0.1, 0.15) is 44.7 Å². The highest BCUT2D eigenvalue weighted by Gasteiger charge is 2.15. The summed E-state index contributed by atoms with van der Waals surface area (Å²) in [5, 5.41) is 2.97. The number of amides is 1. The average Bonchev–Trinajstić information content (AvgIpc) is 2.70. The van der Waals surface area contributed by atoms with Crippen LogP contribution in [0.15, 0.2) is 48.5 Å². The highest BCUT2D eigenvalue weighted by atomic mass is 16.5. The van der Waals surface area contributed by atoms with Gasteiger partial charge < -0.3 is 14.8 Å². The molecule has 0 aliphatic rings. The van der Waals surface area contributed by atoms with Gasteiger partial charge >= 0.3 is 0 Å². The maximum absolute atomic E-state index is 12.3. The average molecular weight is 370 g/mol. The van der Waals surface area contributed by atoms with Gasteiger partial charge in [-0.05, 0) is 55.9 Å². The zero-order valence-corrected chi connectivity index (χ0v) is 16.7. The number of nitrogens with one attached hydrogen (secondary N) is 1. The molecule has 4 heteroatoms. The number of carbonyl (C=O) groups is 1. The summed E-state index contributed by atoms with van der Waals surface area (Å²) in [6.45, 7) is 7.30. The van der Waals surface area contributed by atoms with E-state index in [0.717, 1.165) is 49.4 Å². The molecule has 27 heavy (non-hydrogen) atoms. The van der Waals surface area contributed by atoms with Crippen LogP contribution in [0.25, 0.3) is 0 Å². The summed E-state index contributed by atoms with van der Waals surface area (Å²) >= 11 is 0. The van der Waals surface area contributed by atoms with Crippen molar-refractivity contribution in [2.45, 2.75) is 52.6 Å². The van der Waals surface area contributed by atoms with Crippen LogP contribution in [0.5, 0.6) is 11.5 Å². The predicted molar refractivity (Wildman–Crippen MR) is 109 cm³/mol. The molecule has 0 saturated carbocycles. The lowest BCUT2D eigenvalue weighted by Crippen LogP contribution is -2.37. The molecule has 0 fully saturated rings. The number of ether oxygens (including phenoxy) is 2. The van der Waals surface area contributed by atoms with Gasteiger partial charge in [0, 0.05) is 6.54 Å². The zero-order valence-electron chi connectivity index (χ0n) is 16.7. The highest BCUT2D eigenvalue weighted by molar-refractivity contribution is 5.80. The molecule has 0 spiro atoms. The summed E-state index contributed by atoms with van der Waals surface area (Å²) in [4.78, 5) is 12.3. The van der Waals surface area contributed by atoms with Crippen LogP contribution in [-0.4, -0.2) is 25.2 Å². The molecule has 0 bridgehead atoms. The van der Waals surface area contributed by atoms with Gasteiger partial charge in [0.1, 0.15) is 11.5 Å². The fourth-order valence-electron chi connectivity index (χ4n) is 2.85. The van der Waals surface area contributed by atoms with E-state index in [1.165, 1.54) is 5.56 Å². The van der Waals surface area contributed by atoms with Gasteiger partial charge in [-0.25, -0.2) is 0 Å². The molecule has 4 nitrogen and oxygen atoms in total. The van der Waals surface area contributed by atoms with Crippen molar-refractivity contribution < 1.29 is 14.3 Å². The Labute approximate surface area is 162 Å². The molecule has 2 rings (SSSR count). The van der Waals surface area contributed by atoms with E-state index in [0.29, 0.717) is 6.54 Å². The normalized spacial score (nSPS) is 11.7. The van der Waals surface area contributed by atoms with Gasteiger partial charge in [0.2, 0.25) is 0 Å². The lowest BCUT2D eigenvalue weighted by molar-refractivity contribution is -0.127. The van der Waals surface area contributed by atoms with E-state index in [4.69, 9.17) is 9.47 Å². The summed E-state index contributed by atoms with van der Waals surface area (Å²) in [5.74, 6) is 1.64. The van der Waals surface area contributed by atoms with Gasteiger partial charge in [-0.15, -0.1) is 0 Å². The van der Waals surface area contributed by atoms with E-state index in [1.54, 1.807) is 6.92 Å². The Bertz CT molecular complexity index is 714. The van der Waals surface area contributed by atoms with Gasteiger partial charge in [-0.3, -0.25) is 4.79 Å². The molecule has 0 heterocycles. The van der Waals surface area contributed by atoms with Gasteiger partial charge in [0.05, 0.1) is 6.61 Å². The summed E-state index contributed by atoms with van der Waals surface area (Å²) in [6.07, 6.45) is 3.08. The Hall–Kier alpha value is -2.49. The monoisotopic (exact) mass is 369 g/mol. The number of carbonyl (C=O) groups excluding carboxylic acids is 1. The largest absolute Gasteiger partial charge is 0.493 e. The number of hydrogen-bond acceptors (Lipinski definition) is 3. The van der Waals surface area contributed by atoms with Crippen LogP contribution in [0, 0.1) is 0 Å². The van der Waals surface area contributed by atoms with Crippen molar-refractivity contribution in [1.82, 2.24) is 5.32 Å². The molecule has 0 aliphatic heterocycles. The first-order valence-corrected chi connectivity index (χ1v) is 9.88. The highest BCUT2D eigenvalue weighted by Crippen LogP contribution is 2.20. The molecule has 2 aromatic rings. The second kappa shape index (κ2) is 11.3. The van der Waals surface area contributed by atoms with Crippen LogP contribution in [0.3, 0.4) is 0 Å². The molecule has 1 amide bonds. The van der Waals surface area contributed by atoms with Gasteiger partial charge in [0.15, 0.2) is 6.10 Å². The molecule has 0 unspecified atom stereocenters. The Kier molecular flexibility index (Phi) is 8.69. The van der Waals surface area contributed by atoms with Gasteiger partial charge in [-0.1, -0.05) is 50.2 Å². The molecule has 0 saturated heterocycles. The molecule has 146 valence electrons. The topological polar surface area (TPSA) is 47.6 Å². The van der Waals surface area contributed by atoms with E-state index < -0.39 is 6.10 Å². The molecule has 1 atom stereocenters. The minimum absolute atomic E-state index is 0.0866. The first kappa shape index (κ1) is 20.8. The lowest BCUT2D eigenvalue weighted by Gasteiger charge is -2.17. The third-order valence-corrected chi connectivity index (χ3v) is 4.38. The molecule has 0 aromatic heterocycles. The first-order chi connectivity index (χ1) is 13.2. The van der Waals surface area contributed by atoms with Crippen molar-refractivity contribution in [3.05, 3.63) is 59.7 Å². The molecule has 1 N–H and O–H groups in total. The molecule has 0 radical (unpaired) electrons. The summed E-state index contributed by atoms with van der Waals surface area (Å²) in [6, 6.07) is 16.0. The fraction of sp³-hybridized carbons (Fsp3) is 0.435. The Morgan fingerprint density at radius 1 is 1.00 bits per heavy atom. The Morgan fingerprint density at radius 2 is 1.67 bits per heavy atom. The summed E-state index contributed by atoms with van der Waals surface area (Å²) in [7, 11) is 0. The van der Waals surface area contributed by atoms with Crippen molar-refractivity contribution in [2.75, 3.05) is 13.2 Å². The minimum atomic E-state index is -0.516. The van der Waals surface area contributed by atoms with Crippen LogP contribution in [0.2, 0.25) is 0 Å². The van der Waals surface area contributed by atoms with Crippen molar-refractivity contribution in [3.8, 4) is 11.5 Å². The maximum atomic E-state index is 12.3. The first-order valence-electron chi connectivity index (χ1n) is 9.88. The van der Waals surface area contributed by atoms with Crippen molar-refractivity contribution >= 4 is 5.91 Å². The molecule has 2 aromatic carbocycles. The molecule has 0 aliphatic carbocycles. The zero-order chi connectivity index (χ0) is 19.5. The lowest BCUT2D eigenvalue weighted by atomic mass is 10.1. The fourth-order valence-corrected chi connectivity index (χ4v) is 2.85. The van der Waals surface area contributed by atoms with Crippen LogP contribution < -0.4 is 14.8 Å². The summed E-state index contributed by atoms with van der Waals surface area (Å²) < 4.78 is 11.6. The van der Waals surface area contributed by atoms with Crippen molar-refractivity contribution in [2.24, 2.45) is 0 Å². The van der Waals surface area contributed by atoms with Gasteiger partial charge in [0.25, 0.3) is 5.91 Å². The molecular formula is C23H31NO3. The number of rotatable bonds is 11. The van der Waals surface area contributed by atoms with Gasteiger partial charge in [-0.2, -0.15) is 0 Å². The standard InChI is InChI=1S/C23H31NO3/c1-4-17-26-21-14-8-7-12-20(21)13-10-16-24-23(25)18(3)27-22-15-9-6-11-19(22)5-2/h6-9,11-12,14-15,18H,4-5,10,13,16-17H2,1-3H3,(H,24,25)/t18-/m0/s1. The predicted octanol–water partition coefficient (Wildman–Crippen LogP) is 4.55. The van der Waals surface area contributed by atoms with E-state index in [-0.39, 0.29) is 5.91 Å². The van der Waals surface area contributed by atoms with Crippen molar-refractivity contribution in [1.29, 1.82) is 0 Å². The van der Waals surface area contributed by atoms with Crippen LogP contribution >= 0.6 is 0 Å².